The van der Waals surface area contributed by atoms with Gasteiger partial charge in [0.05, 0.1) is 18.4 Å². The molecule has 3 aromatic carbocycles. The molecule has 1 amide bonds. The zero-order chi connectivity index (χ0) is 23.1. The molecule has 0 aromatic heterocycles. The Bertz CT molecular complexity index is 1210. The van der Waals surface area contributed by atoms with Gasteiger partial charge in [-0.3, -0.25) is 9.59 Å². The zero-order valence-corrected chi connectivity index (χ0v) is 18.3. The van der Waals surface area contributed by atoms with Crippen LogP contribution in [0.15, 0.2) is 71.6 Å². The van der Waals surface area contributed by atoms with Gasteiger partial charge in [0.15, 0.2) is 0 Å². The van der Waals surface area contributed by atoms with Gasteiger partial charge >= 0.3 is 5.97 Å². The molecule has 0 radical (unpaired) electrons. The van der Waals surface area contributed by atoms with Crippen molar-refractivity contribution in [1.82, 2.24) is 10.0 Å². The average molecular weight is 457 g/mol. The lowest BCUT2D eigenvalue weighted by atomic mass is 10.1. The maximum absolute atomic E-state index is 12.8. The van der Waals surface area contributed by atoms with Crippen molar-refractivity contribution >= 4 is 32.7 Å². The van der Waals surface area contributed by atoms with Crippen molar-refractivity contribution in [3.63, 3.8) is 0 Å². The fourth-order valence-corrected chi connectivity index (χ4v) is 4.43. The summed E-state index contributed by atoms with van der Waals surface area (Å²) in [6, 6.07) is 17.7. The van der Waals surface area contributed by atoms with Gasteiger partial charge in [0.25, 0.3) is 0 Å². The minimum absolute atomic E-state index is 0.0439. The number of sulfonamides is 1. The summed E-state index contributed by atoms with van der Waals surface area (Å²) in [5, 5.41) is 13.4. The number of amides is 1. The van der Waals surface area contributed by atoms with Crippen LogP contribution in [0.4, 0.5) is 0 Å². The van der Waals surface area contributed by atoms with Crippen LogP contribution in [-0.4, -0.2) is 45.1 Å². The summed E-state index contributed by atoms with van der Waals surface area (Å²) in [5.74, 6) is -1.28. The predicted octanol–water partition coefficient (Wildman–Crippen LogP) is 2.33. The molecule has 3 aromatic rings. The zero-order valence-electron chi connectivity index (χ0n) is 17.4. The van der Waals surface area contributed by atoms with E-state index in [0.717, 1.165) is 10.9 Å². The highest BCUT2D eigenvalue weighted by Crippen LogP contribution is 2.19. The Morgan fingerprint density at radius 3 is 2.34 bits per heavy atom. The Hall–Kier alpha value is -3.43. The molecule has 0 fully saturated rings. The molecular formula is C23H24N2O6S. The van der Waals surface area contributed by atoms with Crippen LogP contribution in [0.1, 0.15) is 12.0 Å². The minimum Gasteiger partial charge on any atom is -0.497 e. The first-order chi connectivity index (χ1) is 15.3. The molecule has 0 saturated carbocycles. The standard InChI is InChI=1S/C23H24N2O6S/c1-31-19-9-6-16(7-10-19)12-13-24-23(28)21(15-22(26)27)25-32(29,30)20-11-8-17-4-2-3-5-18(17)14-20/h2-11,14,21,25H,12-13,15H2,1H3,(H,24,28)(H,26,27)/t21-/m0/s1. The van der Waals surface area contributed by atoms with Crippen molar-refractivity contribution in [2.45, 2.75) is 23.8 Å². The number of nitrogens with one attached hydrogen (secondary N) is 2. The first-order valence-corrected chi connectivity index (χ1v) is 11.4. The molecule has 9 heteroatoms. The van der Waals surface area contributed by atoms with E-state index in [1.165, 1.54) is 12.1 Å². The summed E-state index contributed by atoms with van der Waals surface area (Å²) in [6.45, 7) is 0.221. The van der Waals surface area contributed by atoms with Crippen LogP contribution in [0.25, 0.3) is 10.8 Å². The second kappa shape index (κ2) is 10.3. The number of aliphatic carboxylic acids is 1. The van der Waals surface area contributed by atoms with Gasteiger partial charge < -0.3 is 15.2 Å². The van der Waals surface area contributed by atoms with Gasteiger partial charge in [-0.2, -0.15) is 4.72 Å². The summed E-state index contributed by atoms with van der Waals surface area (Å²) in [4.78, 5) is 23.8. The smallest absolute Gasteiger partial charge is 0.305 e. The van der Waals surface area contributed by atoms with E-state index in [0.29, 0.717) is 17.6 Å². The second-order valence-corrected chi connectivity index (χ2v) is 8.88. The van der Waals surface area contributed by atoms with Gasteiger partial charge in [-0.1, -0.05) is 42.5 Å². The van der Waals surface area contributed by atoms with E-state index >= 15 is 0 Å². The van der Waals surface area contributed by atoms with Crippen LogP contribution in [0, 0.1) is 0 Å². The van der Waals surface area contributed by atoms with E-state index in [4.69, 9.17) is 9.84 Å². The fourth-order valence-electron chi connectivity index (χ4n) is 3.20. The average Bonchev–Trinajstić information content (AvgIpc) is 2.78. The molecule has 0 aliphatic rings. The summed E-state index contributed by atoms with van der Waals surface area (Å²) >= 11 is 0. The predicted molar refractivity (Wildman–Crippen MR) is 120 cm³/mol. The summed E-state index contributed by atoms with van der Waals surface area (Å²) < 4.78 is 33.0. The van der Waals surface area contributed by atoms with Crippen LogP contribution in [-0.2, 0) is 26.0 Å². The van der Waals surface area contributed by atoms with Crippen molar-refractivity contribution in [2.75, 3.05) is 13.7 Å². The lowest BCUT2D eigenvalue weighted by Crippen LogP contribution is -2.48. The third-order valence-corrected chi connectivity index (χ3v) is 6.37. The van der Waals surface area contributed by atoms with E-state index in [-0.39, 0.29) is 11.4 Å². The lowest BCUT2D eigenvalue weighted by molar-refractivity contribution is -0.139. The lowest BCUT2D eigenvalue weighted by Gasteiger charge is -2.17. The number of carbonyl (C=O) groups is 2. The van der Waals surface area contributed by atoms with Gasteiger partial charge in [-0.05, 0) is 47.0 Å². The maximum Gasteiger partial charge on any atom is 0.305 e. The molecule has 0 saturated heterocycles. The van der Waals surface area contributed by atoms with Crippen LogP contribution >= 0.6 is 0 Å². The van der Waals surface area contributed by atoms with Crippen molar-refractivity contribution in [3.8, 4) is 5.75 Å². The highest BCUT2D eigenvalue weighted by atomic mass is 32.2. The van der Waals surface area contributed by atoms with Gasteiger partial charge in [0.2, 0.25) is 15.9 Å². The van der Waals surface area contributed by atoms with Crippen molar-refractivity contribution in [2.24, 2.45) is 0 Å². The van der Waals surface area contributed by atoms with Gasteiger partial charge in [0, 0.05) is 6.54 Å². The van der Waals surface area contributed by atoms with Gasteiger partial charge in [-0.25, -0.2) is 8.42 Å². The number of fused-ring (bicyclic) bond motifs is 1. The molecule has 0 heterocycles. The van der Waals surface area contributed by atoms with Crippen LogP contribution < -0.4 is 14.8 Å². The maximum atomic E-state index is 12.8. The molecule has 0 bridgehead atoms. The SMILES string of the molecule is COc1ccc(CCNC(=O)[C@H](CC(=O)O)NS(=O)(=O)c2ccc3ccccc3c2)cc1. The first-order valence-electron chi connectivity index (χ1n) is 9.92. The Labute approximate surface area is 186 Å². The Balaban J connectivity index is 1.68. The molecular weight excluding hydrogens is 432 g/mol. The molecule has 1 atom stereocenters. The molecule has 3 rings (SSSR count). The second-order valence-electron chi connectivity index (χ2n) is 7.17. The number of hydrogen-bond donors (Lipinski definition) is 3. The number of hydrogen-bond acceptors (Lipinski definition) is 5. The third kappa shape index (κ3) is 6.05. The number of carboxylic acids is 1. The van der Waals surface area contributed by atoms with Gasteiger partial charge in [-0.15, -0.1) is 0 Å². The number of rotatable bonds is 10. The number of benzene rings is 3. The van der Waals surface area contributed by atoms with Crippen molar-refractivity contribution in [1.29, 1.82) is 0 Å². The van der Waals surface area contributed by atoms with Crippen molar-refractivity contribution < 1.29 is 27.9 Å². The quantitative estimate of drug-likeness (QED) is 0.430. The summed E-state index contributed by atoms with van der Waals surface area (Å²) in [7, 11) is -2.55. The van der Waals surface area contributed by atoms with Crippen molar-refractivity contribution in [3.05, 3.63) is 72.3 Å². The summed E-state index contributed by atoms with van der Waals surface area (Å²) in [5.41, 5.74) is 0.942. The van der Waals surface area contributed by atoms with E-state index < -0.39 is 34.4 Å². The van der Waals surface area contributed by atoms with E-state index in [1.54, 1.807) is 37.4 Å². The van der Waals surface area contributed by atoms with Crippen LogP contribution in [0.3, 0.4) is 0 Å². The largest absolute Gasteiger partial charge is 0.497 e. The highest BCUT2D eigenvalue weighted by molar-refractivity contribution is 7.89. The van der Waals surface area contributed by atoms with E-state index in [1.807, 2.05) is 24.3 Å². The van der Waals surface area contributed by atoms with Crippen LogP contribution in [0.5, 0.6) is 5.75 Å². The molecule has 0 aliphatic carbocycles. The number of ether oxygens (including phenoxy) is 1. The molecule has 0 spiro atoms. The first kappa shape index (κ1) is 23.2. The molecule has 0 aliphatic heterocycles. The monoisotopic (exact) mass is 456 g/mol. The third-order valence-electron chi connectivity index (χ3n) is 4.90. The van der Waals surface area contributed by atoms with E-state index in [9.17, 15) is 18.0 Å². The number of methoxy groups -OCH3 is 1. The highest BCUT2D eigenvalue weighted by Gasteiger charge is 2.28. The molecule has 8 nitrogen and oxygen atoms in total. The molecule has 32 heavy (non-hydrogen) atoms. The minimum atomic E-state index is -4.11. The normalized spacial score (nSPS) is 12.3. The van der Waals surface area contributed by atoms with Gasteiger partial charge in [0.1, 0.15) is 11.8 Å². The Morgan fingerprint density at radius 2 is 1.69 bits per heavy atom. The summed E-state index contributed by atoms with van der Waals surface area (Å²) in [6.07, 6.45) is -0.186. The Kier molecular flexibility index (Phi) is 7.45. The molecule has 0 unspecified atom stereocenters. The molecule has 3 N–H and O–H groups in total. The molecule has 168 valence electrons. The topological polar surface area (TPSA) is 122 Å². The van der Waals surface area contributed by atoms with E-state index in [2.05, 4.69) is 10.0 Å². The number of carbonyl (C=O) groups excluding carboxylic acids is 1. The fraction of sp³-hybridized carbons (Fsp3) is 0.217. The number of carboxylic acid groups (broad SMARTS) is 1. The Morgan fingerprint density at radius 1 is 1.00 bits per heavy atom. The van der Waals surface area contributed by atoms with Crippen LogP contribution in [0.2, 0.25) is 0 Å².